The van der Waals surface area contributed by atoms with Gasteiger partial charge in [-0.05, 0) is 40.2 Å². The van der Waals surface area contributed by atoms with Crippen LogP contribution in [0.4, 0.5) is 0 Å². The Kier molecular flexibility index (Phi) is 6.01. The maximum absolute atomic E-state index is 12.3. The number of esters is 2. The highest BCUT2D eigenvalue weighted by Gasteiger charge is 2.44. The number of aliphatic hydroxyl groups is 1. The zero-order valence-electron chi connectivity index (χ0n) is 15.2. The Balaban J connectivity index is 2.42. The molecule has 0 saturated carbocycles. The van der Waals surface area contributed by atoms with E-state index in [0.29, 0.717) is 24.0 Å². The van der Waals surface area contributed by atoms with Crippen LogP contribution in [0.2, 0.25) is 0 Å². The predicted molar refractivity (Wildman–Crippen MR) is 94.6 cm³/mol. The molecular weight excluding hydrogens is 320 g/mol. The molecule has 1 aliphatic carbocycles. The van der Waals surface area contributed by atoms with Crippen LogP contribution < -0.4 is 0 Å². The van der Waals surface area contributed by atoms with Crippen molar-refractivity contribution in [3.8, 4) is 0 Å². The number of hydrogen-bond acceptors (Lipinski definition) is 5. The highest BCUT2D eigenvalue weighted by atomic mass is 16.6. The van der Waals surface area contributed by atoms with E-state index in [9.17, 15) is 14.7 Å². The molecular formula is C20H26O5. The van der Waals surface area contributed by atoms with Crippen molar-refractivity contribution >= 4 is 11.9 Å². The second-order valence-corrected chi connectivity index (χ2v) is 6.84. The molecule has 1 fully saturated rings. The molecule has 0 aromatic carbocycles. The average molecular weight is 346 g/mol. The number of carbonyl (C=O) groups excluding carboxylic acids is 2. The van der Waals surface area contributed by atoms with E-state index in [-0.39, 0.29) is 0 Å². The number of allylic oxidation sites excluding steroid dienone is 1. The molecule has 1 heterocycles. The minimum Gasteiger partial charge on any atom is -0.458 e. The first kappa shape index (κ1) is 19.2. The second kappa shape index (κ2) is 7.83. The van der Waals surface area contributed by atoms with Gasteiger partial charge in [-0.3, -0.25) is 0 Å². The lowest BCUT2D eigenvalue weighted by Gasteiger charge is -2.28. The molecule has 2 aliphatic rings. The van der Waals surface area contributed by atoms with Gasteiger partial charge in [0, 0.05) is 17.6 Å². The summed E-state index contributed by atoms with van der Waals surface area (Å²) in [4.78, 5) is 24.3. The molecule has 136 valence electrons. The van der Waals surface area contributed by atoms with Crippen LogP contribution in [0.3, 0.4) is 0 Å². The summed E-state index contributed by atoms with van der Waals surface area (Å²) in [5, 5.41) is 10.2. The first-order valence-corrected chi connectivity index (χ1v) is 8.49. The zero-order valence-corrected chi connectivity index (χ0v) is 15.2. The van der Waals surface area contributed by atoms with Gasteiger partial charge in [-0.1, -0.05) is 29.9 Å². The molecule has 0 unspecified atom stereocenters. The number of aliphatic hydroxyl groups excluding tert-OH is 1. The Labute approximate surface area is 148 Å². The minimum absolute atomic E-state index is 0.318. The predicted octanol–water partition coefficient (Wildman–Crippen LogP) is 3.01. The highest BCUT2D eigenvalue weighted by molar-refractivity contribution is 5.92. The Morgan fingerprint density at radius 3 is 2.60 bits per heavy atom. The van der Waals surface area contributed by atoms with Gasteiger partial charge in [-0.15, -0.1) is 0 Å². The van der Waals surface area contributed by atoms with E-state index in [2.05, 4.69) is 6.58 Å². The van der Waals surface area contributed by atoms with Crippen LogP contribution >= 0.6 is 0 Å². The summed E-state index contributed by atoms with van der Waals surface area (Å²) in [5.41, 5.74) is 2.62. The summed E-state index contributed by atoms with van der Waals surface area (Å²) in [6.45, 7) is 11.1. The number of ether oxygens (including phenoxy) is 2. The average Bonchev–Trinajstić information content (AvgIpc) is 2.78. The molecule has 0 radical (unpaired) electrons. The van der Waals surface area contributed by atoms with E-state index in [0.717, 1.165) is 11.1 Å². The molecule has 0 bridgehead atoms. The van der Waals surface area contributed by atoms with E-state index in [4.69, 9.17) is 9.47 Å². The molecule has 0 amide bonds. The summed E-state index contributed by atoms with van der Waals surface area (Å²) >= 11 is 0. The van der Waals surface area contributed by atoms with Crippen molar-refractivity contribution in [2.24, 2.45) is 5.92 Å². The van der Waals surface area contributed by atoms with E-state index in [1.165, 1.54) is 0 Å². The lowest BCUT2D eigenvalue weighted by atomic mass is 9.85. The molecule has 5 nitrogen and oxygen atoms in total. The first-order valence-electron chi connectivity index (χ1n) is 8.49. The van der Waals surface area contributed by atoms with E-state index in [1.54, 1.807) is 26.0 Å². The summed E-state index contributed by atoms with van der Waals surface area (Å²) in [6, 6.07) is 0. The Hall–Kier alpha value is -2.14. The fourth-order valence-corrected chi connectivity index (χ4v) is 3.22. The maximum atomic E-state index is 12.3. The van der Waals surface area contributed by atoms with E-state index < -0.39 is 36.2 Å². The largest absolute Gasteiger partial charge is 0.458 e. The monoisotopic (exact) mass is 346 g/mol. The number of fused-ring (bicyclic) bond motifs is 1. The third-order valence-electron chi connectivity index (χ3n) is 4.66. The molecule has 5 heteroatoms. The lowest BCUT2D eigenvalue weighted by Crippen LogP contribution is -2.34. The summed E-state index contributed by atoms with van der Waals surface area (Å²) < 4.78 is 11.1. The molecule has 1 aliphatic heterocycles. The molecule has 25 heavy (non-hydrogen) atoms. The van der Waals surface area contributed by atoms with Crippen molar-refractivity contribution in [1.29, 1.82) is 0 Å². The molecule has 2 rings (SSSR count). The van der Waals surface area contributed by atoms with Gasteiger partial charge in [0.05, 0.1) is 12.0 Å². The van der Waals surface area contributed by atoms with Gasteiger partial charge in [0.1, 0.15) is 12.2 Å². The van der Waals surface area contributed by atoms with Gasteiger partial charge in [0.2, 0.25) is 0 Å². The Morgan fingerprint density at radius 1 is 1.32 bits per heavy atom. The molecule has 4 atom stereocenters. The van der Waals surface area contributed by atoms with Gasteiger partial charge in [0.25, 0.3) is 0 Å². The number of carbonyl (C=O) groups is 2. The summed E-state index contributed by atoms with van der Waals surface area (Å²) in [6.07, 6.45) is 4.39. The van der Waals surface area contributed by atoms with Crippen molar-refractivity contribution < 1.29 is 24.2 Å². The summed E-state index contributed by atoms with van der Waals surface area (Å²) in [5.74, 6) is -1.33. The topological polar surface area (TPSA) is 72.8 Å². The van der Waals surface area contributed by atoms with Crippen LogP contribution in [0.25, 0.3) is 0 Å². The molecule has 0 aromatic rings. The SMILES string of the molecule is C=C1C(=O)O[C@@H]2/C=C(\C)C[C@H](O)/C=C(/C)C[C@@H](OC(=O)/C(C)=C\C)[C@@H]12. The standard InChI is InChI=1S/C20H26O5/c1-6-13(4)19(22)24-16-9-11(2)7-15(21)8-12(3)10-17-18(16)14(5)20(23)25-17/h6-7,10,15-18,21H,5,8-9H2,1-4H3/b11-7-,12-10+,13-6-/t15-,16-,17-,18-/m1/s1. The third-order valence-corrected chi connectivity index (χ3v) is 4.66. The smallest absolute Gasteiger partial charge is 0.334 e. The zero-order chi connectivity index (χ0) is 18.7. The number of rotatable bonds is 2. The van der Waals surface area contributed by atoms with Crippen molar-refractivity contribution in [2.45, 2.75) is 58.8 Å². The first-order chi connectivity index (χ1) is 11.7. The van der Waals surface area contributed by atoms with Gasteiger partial charge >= 0.3 is 11.9 Å². The van der Waals surface area contributed by atoms with Crippen LogP contribution in [0.5, 0.6) is 0 Å². The quantitative estimate of drug-likeness (QED) is 0.473. The van der Waals surface area contributed by atoms with Crippen molar-refractivity contribution in [3.05, 3.63) is 47.1 Å². The Morgan fingerprint density at radius 2 is 1.96 bits per heavy atom. The lowest BCUT2D eigenvalue weighted by molar-refractivity contribution is -0.147. The molecule has 0 spiro atoms. The van der Waals surface area contributed by atoms with Gasteiger partial charge < -0.3 is 14.6 Å². The summed E-state index contributed by atoms with van der Waals surface area (Å²) in [7, 11) is 0. The number of hydrogen-bond donors (Lipinski definition) is 1. The van der Waals surface area contributed by atoms with Crippen LogP contribution in [0.1, 0.15) is 40.5 Å². The second-order valence-electron chi connectivity index (χ2n) is 6.84. The van der Waals surface area contributed by atoms with Crippen molar-refractivity contribution in [2.75, 3.05) is 0 Å². The normalized spacial score (nSPS) is 35.0. The van der Waals surface area contributed by atoms with Gasteiger partial charge in [0.15, 0.2) is 0 Å². The Bertz CT molecular complexity index is 668. The van der Waals surface area contributed by atoms with Gasteiger partial charge in [-0.2, -0.15) is 0 Å². The van der Waals surface area contributed by atoms with E-state index >= 15 is 0 Å². The minimum atomic E-state index is -0.623. The van der Waals surface area contributed by atoms with Crippen LogP contribution in [-0.2, 0) is 19.1 Å². The highest BCUT2D eigenvalue weighted by Crippen LogP contribution is 2.36. The van der Waals surface area contributed by atoms with Crippen LogP contribution in [0, 0.1) is 5.92 Å². The van der Waals surface area contributed by atoms with Crippen molar-refractivity contribution in [3.63, 3.8) is 0 Å². The van der Waals surface area contributed by atoms with Crippen LogP contribution in [-0.4, -0.2) is 35.4 Å². The molecule has 0 aromatic heterocycles. The molecule has 1 saturated heterocycles. The maximum Gasteiger partial charge on any atom is 0.334 e. The van der Waals surface area contributed by atoms with E-state index in [1.807, 2.05) is 19.9 Å². The molecule has 1 N–H and O–H groups in total. The van der Waals surface area contributed by atoms with Gasteiger partial charge in [-0.25, -0.2) is 9.59 Å². The third kappa shape index (κ3) is 4.48. The fourth-order valence-electron chi connectivity index (χ4n) is 3.22. The fraction of sp³-hybridized carbons (Fsp3) is 0.500. The van der Waals surface area contributed by atoms with Crippen molar-refractivity contribution in [1.82, 2.24) is 0 Å². The van der Waals surface area contributed by atoms with Crippen LogP contribution in [0.15, 0.2) is 47.1 Å².